The molecule has 1 atom stereocenters. The predicted octanol–water partition coefficient (Wildman–Crippen LogP) is 2.74. The summed E-state index contributed by atoms with van der Waals surface area (Å²) in [5, 5.41) is 17.7. The molecule has 2 N–H and O–H groups in total. The van der Waals surface area contributed by atoms with Crippen LogP contribution in [0.25, 0.3) is 0 Å². The fraction of sp³-hybridized carbons (Fsp3) is 0.750. The summed E-state index contributed by atoms with van der Waals surface area (Å²) in [4.78, 5) is 10.2. The van der Waals surface area contributed by atoms with E-state index in [-0.39, 0.29) is 6.42 Å². The molecular weight excluding hydrogens is 192 g/mol. The van der Waals surface area contributed by atoms with Gasteiger partial charge in [0.1, 0.15) is 0 Å². The van der Waals surface area contributed by atoms with Gasteiger partial charge in [0.25, 0.3) is 0 Å². The third kappa shape index (κ3) is 11.1. The van der Waals surface area contributed by atoms with Crippen molar-refractivity contribution in [2.24, 2.45) is 0 Å². The number of aliphatic hydroxyl groups is 1. The monoisotopic (exact) mass is 214 g/mol. The van der Waals surface area contributed by atoms with E-state index in [2.05, 4.69) is 19.1 Å². The maximum atomic E-state index is 10.2. The van der Waals surface area contributed by atoms with Gasteiger partial charge in [-0.3, -0.25) is 4.79 Å². The lowest BCUT2D eigenvalue weighted by atomic mass is 10.1. The summed E-state index contributed by atoms with van der Waals surface area (Å²) in [6.07, 6.45) is 9.36. The minimum absolute atomic E-state index is 0.139. The van der Waals surface area contributed by atoms with Gasteiger partial charge in [-0.05, 0) is 25.7 Å². The maximum absolute atomic E-state index is 10.2. The molecule has 0 aromatic heterocycles. The smallest absolute Gasteiger partial charge is 0.305 e. The van der Waals surface area contributed by atoms with Crippen LogP contribution in [-0.2, 0) is 4.79 Å². The van der Waals surface area contributed by atoms with Crippen LogP contribution >= 0.6 is 0 Å². The molecule has 0 bridgehead atoms. The minimum atomic E-state index is -0.930. The molecule has 0 saturated carbocycles. The van der Waals surface area contributed by atoms with Crippen LogP contribution in [0.15, 0.2) is 12.2 Å². The first-order valence-electron chi connectivity index (χ1n) is 5.71. The van der Waals surface area contributed by atoms with Crippen molar-refractivity contribution in [3.8, 4) is 0 Å². The predicted molar refractivity (Wildman–Crippen MR) is 60.8 cm³/mol. The molecular formula is C12H22O3. The number of carboxylic acid groups (broad SMARTS) is 1. The number of hydrogen-bond donors (Lipinski definition) is 2. The third-order valence-corrected chi connectivity index (χ3v) is 2.21. The highest BCUT2D eigenvalue weighted by atomic mass is 16.4. The molecule has 0 radical (unpaired) electrons. The normalized spacial score (nSPS) is 13.2. The van der Waals surface area contributed by atoms with E-state index in [9.17, 15) is 9.90 Å². The number of aliphatic carboxylic acids is 1. The number of carbonyl (C=O) groups is 1. The number of aliphatic hydroxyl groups excluding tert-OH is 1. The van der Waals surface area contributed by atoms with Gasteiger partial charge in [-0.25, -0.2) is 0 Å². The van der Waals surface area contributed by atoms with Crippen LogP contribution in [0.3, 0.4) is 0 Å². The van der Waals surface area contributed by atoms with Gasteiger partial charge in [-0.15, -0.1) is 0 Å². The van der Waals surface area contributed by atoms with E-state index >= 15 is 0 Å². The average Bonchev–Trinajstić information content (AvgIpc) is 2.15. The number of hydrogen-bond acceptors (Lipinski definition) is 2. The Morgan fingerprint density at radius 2 is 1.87 bits per heavy atom. The lowest BCUT2D eigenvalue weighted by molar-refractivity contribution is -0.139. The fourth-order valence-electron chi connectivity index (χ4n) is 1.33. The standard InChI is InChI=1S/C12H22O3/c1-2-3-4-5-6-7-8-9-11(13)10-12(14)15/h5-6,11,13H,2-4,7-10H2,1H3,(H,14,15)/b6-5-. The summed E-state index contributed by atoms with van der Waals surface area (Å²) in [5.74, 6) is -0.930. The molecule has 0 aliphatic heterocycles. The highest BCUT2D eigenvalue weighted by Gasteiger charge is 2.07. The largest absolute Gasteiger partial charge is 0.481 e. The average molecular weight is 214 g/mol. The summed E-state index contributed by atoms with van der Waals surface area (Å²) in [6.45, 7) is 2.16. The van der Waals surface area contributed by atoms with Gasteiger partial charge in [0.2, 0.25) is 0 Å². The molecule has 0 fully saturated rings. The number of carboxylic acids is 1. The van der Waals surface area contributed by atoms with Gasteiger partial charge >= 0.3 is 5.97 Å². The van der Waals surface area contributed by atoms with Crippen molar-refractivity contribution in [2.45, 2.75) is 58.0 Å². The van der Waals surface area contributed by atoms with Crippen molar-refractivity contribution in [1.82, 2.24) is 0 Å². The van der Waals surface area contributed by atoms with Crippen molar-refractivity contribution < 1.29 is 15.0 Å². The molecule has 0 amide bonds. The van der Waals surface area contributed by atoms with Crippen LogP contribution in [0, 0.1) is 0 Å². The first-order chi connectivity index (χ1) is 7.16. The first-order valence-corrected chi connectivity index (χ1v) is 5.71. The molecule has 0 spiro atoms. The molecule has 15 heavy (non-hydrogen) atoms. The van der Waals surface area contributed by atoms with Gasteiger partial charge in [0.05, 0.1) is 12.5 Å². The van der Waals surface area contributed by atoms with E-state index in [1.54, 1.807) is 0 Å². The van der Waals surface area contributed by atoms with E-state index in [1.807, 2.05) is 0 Å². The Bertz CT molecular complexity index is 187. The fourth-order valence-corrected chi connectivity index (χ4v) is 1.33. The van der Waals surface area contributed by atoms with Crippen LogP contribution in [-0.4, -0.2) is 22.3 Å². The Labute approximate surface area is 91.8 Å². The zero-order chi connectivity index (χ0) is 11.5. The number of unbranched alkanes of at least 4 members (excludes halogenated alkanes) is 3. The second-order valence-corrected chi connectivity index (χ2v) is 3.80. The van der Waals surface area contributed by atoms with Crippen LogP contribution in [0.2, 0.25) is 0 Å². The summed E-state index contributed by atoms with van der Waals surface area (Å²) in [6, 6.07) is 0. The quantitative estimate of drug-likeness (QED) is 0.458. The van der Waals surface area contributed by atoms with Crippen molar-refractivity contribution in [3.63, 3.8) is 0 Å². The maximum Gasteiger partial charge on any atom is 0.305 e. The molecule has 1 unspecified atom stereocenters. The Kier molecular flexibility index (Phi) is 9.18. The molecule has 88 valence electrons. The second-order valence-electron chi connectivity index (χ2n) is 3.80. The topological polar surface area (TPSA) is 57.5 Å². The van der Waals surface area contributed by atoms with Gasteiger partial charge < -0.3 is 10.2 Å². The Balaban J connectivity index is 3.29. The van der Waals surface area contributed by atoms with Crippen LogP contribution in [0.4, 0.5) is 0 Å². The molecule has 3 heteroatoms. The summed E-state index contributed by atoms with van der Waals surface area (Å²) in [7, 11) is 0. The number of rotatable bonds is 9. The molecule has 0 saturated heterocycles. The van der Waals surface area contributed by atoms with Gasteiger partial charge in [-0.2, -0.15) is 0 Å². The Hall–Kier alpha value is -0.830. The van der Waals surface area contributed by atoms with Gasteiger partial charge in [-0.1, -0.05) is 31.9 Å². The lowest BCUT2D eigenvalue weighted by Gasteiger charge is -2.05. The van der Waals surface area contributed by atoms with E-state index in [0.717, 1.165) is 19.3 Å². The van der Waals surface area contributed by atoms with Crippen molar-refractivity contribution in [1.29, 1.82) is 0 Å². The summed E-state index contributed by atoms with van der Waals surface area (Å²) in [5.41, 5.74) is 0. The second kappa shape index (κ2) is 9.71. The van der Waals surface area contributed by atoms with Gasteiger partial charge in [0.15, 0.2) is 0 Å². The molecule has 0 aliphatic carbocycles. The SMILES string of the molecule is CCCC/C=C\CCCC(O)CC(=O)O. The van der Waals surface area contributed by atoms with E-state index in [1.165, 1.54) is 12.8 Å². The molecule has 0 aromatic rings. The van der Waals surface area contributed by atoms with Crippen LogP contribution in [0.5, 0.6) is 0 Å². The minimum Gasteiger partial charge on any atom is -0.481 e. The third-order valence-electron chi connectivity index (χ3n) is 2.21. The zero-order valence-electron chi connectivity index (χ0n) is 9.48. The van der Waals surface area contributed by atoms with Gasteiger partial charge in [0, 0.05) is 0 Å². The molecule has 0 rings (SSSR count). The Morgan fingerprint density at radius 3 is 2.40 bits per heavy atom. The molecule has 0 aliphatic rings. The van der Waals surface area contributed by atoms with Crippen LogP contribution in [0.1, 0.15) is 51.9 Å². The lowest BCUT2D eigenvalue weighted by Crippen LogP contribution is -2.12. The van der Waals surface area contributed by atoms with Crippen molar-refractivity contribution >= 4 is 5.97 Å². The van der Waals surface area contributed by atoms with Crippen molar-refractivity contribution in [3.05, 3.63) is 12.2 Å². The highest BCUT2D eigenvalue weighted by Crippen LogP contribution is 2.06. The van der Waals surface area contributed by atoms with E-state index < -0.39 is 12.1 Å². The molecule has 3 nitrogen and oxygen atoms in total. The summed E-state index contributed by atoms with van der Waals surface area (Å²) >= 11 is 0. The molecule has 0 heterocycles. The summed E-state index contributed by atoms with van der Waals surface area (Å²) < 4.78 is 0. The van der Waals surface area contributed by atoms with Crippen LogP contribution < -0.4 is 0 Å². The van der Waals surface area contributed by atoms with E-state index in [4.69, 9.17) is 5.11 Å². The van der Waals surface area contributed by atoms with E-state index in [0.29, 0.717) is 6.42 Å². The molecule has 0 aromatic carbocycles. The Morgan fingerprint density at radius 1 is 1.27 bits per heavy atom. The highest BCUT2D eigenvalue weighted by molar-refractivity contribution is 5.67. The zero-order valence-corrected chi connectivity index (χ0v) is 9.48. The number of allylic oxidation sites excluding steroid dienone is 2. The first kappa shape index (κ1) is 14.2. The van der Waals surface area contributed by atoms with Crippen molar-refractivity contribution in [2.75, 3.05) is 0 Å².